The van der Waals surface area contributed by atoms with Crippen molar-refractivity contribution in [2.45, 2.75) is 18.7 Å². The van der Waals surface area contributed by atoms with Gasteiger partial charge < -0.3 is 0 Å². The second-order valence-electron chi connectivity index (χ2n) is 3.87. The highest BCUT2D eigenvalue weighted by molar-refractivity contribution is 7.92. The molecule has 2 heterocycles. The molecule has 9 heteroatoms. The molecule has 0 amide bonds. The number of pyridine rings is 1. The van der Waals surface area contributed by atoms with Crippen molar-refractivity contribution in [3.8, 4) is 6.07 Å². The van der Waals surface area contributed by atoms with Crippen LogP contribution in [0.3, 0.4) is 0 Å². The fourth-order valence-corrected chi connectivity index (χ4v) is 2.41. The fourth-order valence-electron chi connectivity index (χ4n) is 1.37. The van der Waals surface area contributed by atoms with Crippen LogP contribution in [0, 0.1) is 25.2 Å². The minimum Gasteiger partial charge on any atom is -0.246 e. The third kappa shape index (κ3) is 2.70. The molecule has 102 valence electrons. The van der Waals surface area contributed by atoms with Crippen LogP contribution in [0.2, 0.25) is 0 Å². The van der Waals surface area contributed by atoms with Crippen LogP contribution in [-0.2, 0) is 10.0 Å². The average Bonchev–Trinajstić information content (AvgIpc) is 2.42. The molecule has 2 aromatic rings. The second-order valence-corrected chi connectivity index (χ2v) is 5.52. The smallest absolute Gasteiger partial charge is 0.246 e. The van der Waals surface area contributed by atoms with Gasteiger partial charge in [-0.05, 0) is 26.0 Å². The highest BCUT2D eigenvalue weighted by Crippen LogP contribution is 2.15. The molecule has 0 spiro atoms. The van der Waals surface area contributed by atoms with E-state index in [9.17, 15) is 8.42 Å². The fraction of sp³-hybridized carbons (Fsp3) is 0.182. The molecular weight excluding hydrogens is 280 g/mol. The van der Waals surface area contributed by atoms with E-state index in [1.165, 1.54) is 18.3 Å². The molecule has 0 bridgehead atoms. The Hall–Kier alpha value is -2.60. The van der Waals surface area contributed by atoms with Gasteiger partial charge in [0.15, 0.2) is 5.69 Å². The first-order valence-corrected chi connectivity index (χ1v) is 6.98. The summed E-state index contributed by atoms with van der Waals surface area (Å²) in [6.45, 7) is 3.40. The van der Waals surface area contributed by atoms with Crippen molar-refractivity contribution in [2.24, 2.45) is 0 Å². The number of aromatic nitrogens is 4. The van der Waals surface area contributed by atoms with E-state index in [4.69, 9.17) is 5.26 Å². The van der Waals surface area contributed by atoms with Gasteiger partial charge in [-0.25, -0.2) is 23.1 Å². The number of rotatable bonds is 3. The number of anilines is 1. The summed E-state index contributed by atoms with van der Waals surface area (Å²) in [5.41, 5.74) is 0.966. The SMILES string of the molecule is Cc1nnc(NS(=O)(=O)c2cccnc2C#N)nc1C. The van der Waals surface area contributed by atoms with E-state index in [2.05, 4.69) is 24.9 Å². The molecule has 1 N–H and O–H groups in total. The number of hydrogen-bond donors (Lipinski definition) is 1. The number of nitrogens with zero attached hydrogens (tertiary/aromatic N) is 5. The van der Waals surface area contributed by atoms with Crippen molar-refractivity contribution in [1.82, 2.24) is 20.2 Å². The van der Waals surface area contributed by atoms with E-state index in [0.717, 1.165) is 0 Å². The monoisotopic (exact) mass is 290 g/mol. The standard InChI is InChI=1S/C11H10N6O2S/c1-7-8(2)15-16-11(14-7)17-20(18,19)10-4-3-5-13-9(10)6-12/h3-5H,1-2H3,(H,14,16,17). The molecule has 0 aliphatic rings. The lowest BCUT2D eigenvalue weighted by atomic mass is 10.4. The predicted octanol–water partition coefficient (Wildman–Crippen LogP) is 0.556. The normalized spacial score (nSPS) is 10.8. The van der Waals surface area contributed by atoms with Crippen LogP contribution >= 0.6 is 0 Å². The summed E-state index contributed by atoms with van der Waals surface area (Å²) in [5.74, 6) is -0.152. The molecule has 2 aromatic heterocycles. The van der Waals surface area contributed by atoms with Crippen molar-refractivity contribution < 1.29 is 8.42 Å². The lowest BCUT2D eigenvalue weighted by Gasteiger charge is -2.07. The van der Waals surface area contributed by atoms with Gasteiger partial charge in [0.1, 0.15) is 11.0 Å². The quantitative estimate of drug-likeness (QED) is 0.876. The maximum Gasteiger partial charge on any atom is 0.267 e. The van der Waals surface area contributed by atoms with Crippen molar-refractivity contribution in [3.05, 3.63) is 35.4 Å². The molecule has 0 aliphatic heterocycles. The maximum absolute atomic E-state index is 12.2. The zero-order valence-electron chi connectivity index (χ0n) is 10.7. The summed E-state index contributed by atoms with van der Waals surface area (Å²) in [4.78, 5) is 7.44. The third-order valence-electron chi connectivity index (χ3n) is 2.48. The van der Waals surface area contributed by atoms with Gasteiger partial charge in [0, 0.05) is 6.20 Å². The first kappa shape index (κ1) is 13.8. The Morgan fingerprint density at radius 3 is 2.65 bits per heavy atom. The van der Waals surface area contributed by atoms with Crippen LogP contribution in [0.1, 0.15) is 17.1 Å². The number of nitriles is 1. The van der Waals surface area contributed by atoms with E-state index in [1.807, 2.05) is 0 Å². The zero-order chi connectivity index (χ0) is 14.8. The van der Waals surface area contributed by atoms with Gasteiger partial charge in [0.25, 0.3) is 16.0 Å². The second kappa shape index (κ2) is 5.18. The highest BCUT2D eigenvalue weighted by atomic mass is 32.2. The largest absolute Gasteiger partial charge is 0.267 e. The van der Waals surface area contributed by atoms with E-state index in [-0.39, 0.29) is 16.5 Å². The molecule has 0 unspecified atom stereocenters. The molecule has 0 aliphatic carbocycles. The Kier molecular flexibility index (Phi) is 3.58. The van der Waals surface area contributed by atoms with E-state index in [0.29, 0.717) is 11.4 Å². The van der Waals surface area contributed by atoms with Crippen LogP contribution in [0.25, 0.3) is 0 Å². The summed E-state index contributed by atoms with van der Waals surface area (Å²) in [6, 6.07) is 4.43. The average molecular weight is 290 g/mol. The molecule has 0 saturated carbocycles. The molecule has 0 radical (unpaired) electrons. The molecule has 2 rings (SSSR count). The number of sulfonamides is 1. The molecular formula is C11H10N6O2S. The summed E-state index contributed by atoms with van der Waals surface area (Å²) in [7, 11) is -3.99. The topological polar surface area (TPSA) is 122 Å². The molecule has 0 aromatic carbocycles. The van der Waals surface area contributed by atoms with Crippen molar-refractivity contribution in [1.29, 1.82) is 5.26 Å². The summed E-state index contributed by atoms with van der Waals surface area (Å²) in [5, 5.41) is 16.3. The Morgan fingerprint density at radius 2 is 2.00 bits per heavy atom. The lowest BCUT2D eigenvalue weighted by Crippen LogP contribution is -2.17. The molecule has 8 nitrogen and oxygen atoms in total. The minimum absolute atomic E-state index is 0.152. The molecule has 0 fully saturated rings. The van der Waals surface area contributed by atoms with Gasteiger partial charge in [0.05, 0.1) is 11.4 Å². The van der Waals surface area contributed by atoms with Crippen LogP contribution in [0.5, 0.6) is 0 Å². The van der Waals surface area contributed by atoms with Gasteiger partial charge >= 0.3 is 0 Å². The third-order valence-corrected chi connectivity index (χ3v) is 3.84. The van der Waals surface area contributed by atoms with Gasteiger partial charge in [0.2, 0.25) is 0 Å². The van der Waals surface area contributed by atoms with Crippen LogP contribution in [-0.4, -0.2) is 28.6 Å². The summed E-state index contributed by atoms with van der Waals surface area (Å²) < 4.78 is 26.5. The van der Waals surface area contributed by atoms with Gasteiger partial charge in [-0.3, -0.25) is 0 Å². The van der Waals surface area contributed by atoms with Gasteiger partial charge in [-0.15, -0.1) is 5.10 Å². The molecule has 20 heavy (non-hydrogen) atoms. The van der Waals surface area contributed by atoms with Crippen LogP contribution in [0.4, 0.5) is 5.95 Å². The Morgan fingerprint density at radius 1 is 1.25 bits per heavy atom. The Balaban J connectivity index is 2.41. The number of nitrogens with one attached hydrogen (secondary N) is 1. The van der Waals surface area contributed by atoms with Gasteiger partial charge in [-0.2, -0.15) is 10.4 Å². The van der Waals surface area contributed by atoms with E-state index < -0.39 is 10.0 Å². The first-order valence-electron chi connectivity index (χ1n) is 5.50. The molecule has 0 saturated heterocycles. The van der Waals surface area contributed by atoms with Crippen molar-refractivity contribution >= 4 is 16.0 Å². The van der Waals surface area contributed by atoms with E-state index in [1.54, 1.807) is 19.9 Å². The highest BCUT2D eigenvalue weighted by Gasteiger charge is 2.20. The Labute approximate surface area is 115 Å². The summed E-state index contributed by atoms with van der Waals surface area (Å²) >= 11 is 0. The van der Waals surface area contributed by atoms with Crippen molar-refractivity contribution in [3.63, 3.8) is 0 Å². The number of aryl methyl sites for hydroxylation is 2. The lowest BCUT2D eigenvalue weighted by molar-refractivity contribution is 0.600. The number of hydrogen-bond acceptors (Lipinski definition) is 7. The molecule has 0 atom stereocenters. The predicted molar refractivity (Wildman–Crippen MR) is 69.1 cm³/mol. The maximum atomic E-state index is 12.2. The van der Waals surface area contributed by atoms with E-state index >= 15 is 0 Å². The van der Waals surface area contributed by atoms with Crippen molar-refractivity contribution in [2.75, 3.05) is 4.72 Å². The van der Waals surface area contributed by atoms with Crippen LogP contribution in [0.15, 0.2) is 23.2 Å². The first-order chi connectivity index (χ1) is 9.44. The zero-order valence-corrected chi connectivity index (χ0v) is 11.5. The van der Waals surface area contributed by atoms with Gasteiger partial charge in [-0.1, -0.05) is 0 Å². The van der Waals surface area contributed by atoms with Crippen LogP contribution < -0.4 is 4.72 Å². The summed E-state index contributed by atoms with van der Waals surface area (Å²) in [6.07, 6.45) is 1.34. The Bertz CT molecular complexity index is 797. The minimum atomic E-state index is -3.99.